The summed E-state index contributed by atoms with van der Waals surface area (Å²) in [6.45, 7) is 3.47. The van der Waals surface area contributed by atoms with Crippen molar-refractivity contribution in [3.05, 3.63) is 60.4 Å². The first-order chi connectivity index (χ1) is 11.8. The Morgan fingerprint density at radius 2 is 2.00 bits per heavy atom. The van der Waals surface area contributed by atoms with Gasteiger partial charge in [-0.2, -0.15) is 0 Å². The predicted octanol–water partition coefficient (Wildman–Crippen LogP) is 4.00. The summed E-state index contributed by atoms with van der Waals surface area (Å²) in [4.78, 5) is 8.79. The van der Waals surface area contributed by atoms with Crippen LogP contribution in [0, 0.1) is 6.92 Å². The molecule has 1 aliphatic rings. The van der Waals surface area contributed by atoms with Crippen LogP contribution in [0.5, 0.6) is 5.75 Å². The van der Waals surface area contributed by atoms with Crippen LogP contribution in [0.1, 0.15) is 5.56 Å². The van der Waals surface area contributed by atoms with Crippen LogP contribution in [0.2, 0.25) is 0 Å². The lowest BCUT2D eigenvalue weighted by Gasteiger charge is -2.22. The van der Waals surface area contributed by atoms with Crippen molar-refractivity contribution in [3.8, 4) is 17.0 Å². The Kier molecular flexibility index (Phi) is 3.75. The molecule has 0 unspecified atom stereocenters. The van der Waals surface area contributed by atoms with Crippen molar-refractivity contribution in [2.24, 2.45) is 0 Å². The fourth-order valence-electron chi connectivity index (χ4n) is 2.76. The SMILES string of the molecule is Cc1cccc(-c2cc(Nc3ccncc3)c3c(n2)NCCO3)c1. The Balaban J connectivity index is 1.80. The molecule has 120 valence electrons. The molecule has 0 aliphatic carbocycles. The first-order valence-electron chi connectivity index (χ1n) is 7.95. The van der Waals surface area contributed by atoms with Gasteiger partial charge in [0.15, 0.2) is 11.6 Å². The summed E-state index contributed by atoms with van der Waals surface area (Å²) in [6.07, 6.45) is 3.52. The second-order valence-electron chi connectivity index (χ2n) is 5.74. The van der Waals surface area contributed by atoms with Crippen LogP contribution in [-0.2, 0) is 0 Å². The Morgan fingerprint density at radius 3 is 2.83 bits per heavy atom. The molecule has 0 spiro atoms. The van der Waals surface area contributed by atoms with Crippen LogP contribution in [-0.4, -0.2) is 23.1 Å². The Hall–Kier alpha value is -3.08. The maximum absolute atomic E-state index is 5.84. The Bertz CT molecular complexity index is 864. The van der Waals surface area contributed by atoms with Gasteiger partial charge in [-0.1, -0.05) is 23.8 Å². The highest BCUT2D eigenvalue weighted by molar-refractivity contribution is 5.79. The highest BCUT2D eigenvalue weighted by Crippen LogP contribution is 2.38. The average Bonchev–Trinajstić information content (AvgIpc) is 2.62. The summed E-state index contributed by atoms with van der Waals surface area (Å²) >= 11 is 0. The number of hydrogen-bond donors (Lipinski definition) is 2. The topological polar surface area (TPSA) is 59.1 Å². The quantitative estimate of drug-likeness (QED) is 0.764. The standard InChI is InChI=1S/C19H18N4O/c1-13-3-2-4-14(11-13)16-12-17(22-15-5-7-20-8-6-15)18-19(23-16)21-9-10-24-18/h2-8,11-12H,9-10H2,1H3,(H2,20,21,22,23). The minimum absolute atomic E-state index is 0.628. The molecule has 1 aliphatic heterocycles. The average molecular weight is 318 g/mol. The lowest BCUT2D eigenvalue weighted by molar-refractivity contribution is 0.323. The molecule has 3 aromatic rings. The Morgan fingerprint density at radius 1 is 1.12 bits per heavy atom. The maximum Gasteiger partial charge on any atom is 0.185 e. The van der Waals surface area contributed by atoms with Gasteiger partial charge in [-0.25, -0.2) is 4.98 Å². The zero-order valence-corrected chi connectivity index (χ0v) is 13.4. The summed E-state index contributed by atoms with van der Waals surface area (Å²) in [5.74, 6) is 1.53. The van der Waals surface area contributed by atoms with Gasteiger partial charge < -0.3 is 15.4 Å². The number of aromatic nitrogens is 2. The predicted molar refractivity (Wildman–Crippen MR) is 95.9 cm³/mol. The number of nitrogens with zero attached hydrogens (tertiary/aromatic N) is 2. The molecule has 2 aromatic heterocycles. The van der Waals surface area contributed by atoms with E-state index in [-0.39, 0.29) is 0 Å². The summed E-state index contributed by atoms with van der Waals surface area (Å²) in [6, 6.07) is 14.2. The fourth-order valence-corrected chi connectivity index (χ4v) is 2.76. The monoisotopic (exact) mass is 318 g/mol. The highest BCUT2D eigenvalue weighted by atomic mass is 16.5. The summed E-state index contributed by atoms with van der Waals surface area (Å²) in [5.41, 5.74) is 5.06. The van der Waals surface area contributed by atoms with Crippen LogP contribution in [0.4, 0.5) is 17.2 Å². The molecule has 0 amide bonds. The third-order valence-electron chi connectivity index (χ3n) is 3.89. The van der Waals surface area contributed by atoms with Gasteiger partial charge in [-0.05, 0) is 31.2 Å². The van der Waals surface area contributed by atoms with Crippen molar-refractivity contribution in [1.29, 1.82) is 0 Å². The molecule has 2 N–H and O–H groups in total. The van der Waals surface area contributed by atoms with Gasteiger partial charge >= 0.3 is 0 Å². The highest BCUT2D eigenvalue weighted by Gasteiger charge is 2.18. The Labute approximate surface area is 140 Å². The van der Waals surface area contributed by atoms with Crippen molar-refractivity contribution < 1.29 is 4.74 Å². The van der Waals surface area contributed by atoms with Crippen LogP contribution in [0.15, 0.2) is 54.9 Å². The molecule has 0 bridgehead atoms. The molecule has 1 aromatic carbocycles. The molecule has 24 heavy (non-hydrogen) atoms. The number of ether oxygens (including phenoxy) is 1. The molecule has 3 heterocycles. The van der Waals surface area contributed by atoms with E-state index in [1.54, 1.807) is 12.4 Å². The van der Waals surface area contributed by atoms with Crippen molar-refractivity contribution in [2.75, 3.05) is 23.8 Å². The molecule has 4 rings (SSSR count). The van der Waals surface area contributed by atoms with Crippen LogP contribution in [0.25, 0.3) is 11.3 Å². The van der Waals surface area contributed by atoms with Crippen LogP contribution in [0.3, 0.4) is 0 Å². The molecule has 0 radical (unpaired) electrons. The summed E-state index contributed by atoms with van der Waals surface area (Å²) in [5, 5.41) is 6.74. The van der Waals surface area contributed by atoms with Crippen molar-refractivity contribution in [1.82, 2.24) is 9.97 Å². The minimum Gasteiger partial charge on any atom is -0.486 e. The lowest BCUT2D eigenvalue weighted by Crippen LogP contribution is -2.20. The van der Waals surface area contributed by atoms with E-state index in [9.17, 15) is 0 Å². The molecule has 0 fully saturated rings. The van der Waals surface area contributed by atoms with Crippen molar-refractivity contribution in [2.45, 2.75) is 6.92 Å². The molecule has 0 atom stereocenters. The van der Waals surface area contributed by atoms with E-state index in [1.807, 2.05) is 24.3 Å². The fraction of sp³-hybridized carbons (Fsp3) is 0.158. The van der Waals surface area contributed by atoms with Gasteiger partial charge in [0.25, 0.3) is 0 Å². The van der Waals surface area contributed by atoms with E-state index in [0.29, 0.717) is 6.61 Å². The number of nitrogens with one attached hydrogen (secondary N) is 2. The number of rotatable bonds is 3. The van der Waals surface area contributed by atoms with E-state index < -0.39 is 0 Å². The zero-order valence-electron chi connectivity index (χ0n) is 13.4. The van der Waals surface area contributed by atoms with Gasteiger partial charge in [0, 0.05) is 23.6 Å². The van der Waals surface area contributed by atoms with E-state index in [4.69, 9.17) is 9.72 Å². The number of aryl methyl sites for hydroxylation is 1. The van der Waals surface area contributed by atoms with Crippen LogP contribution >= 0.6 is 0 Å². The third kappa shape index (κ3) is 2.88. The first-order valence-corrected chi connectivity index (χ1v) is 7.95. The molecule has 5 nitrogen and oxygen atoms in total. The zero-order chi connectivity index (χ0) is 16.4. The second kappa shape index (κ2) is 6.20. The van der Waals surface area contributed by atoms with Gasteiger partial charge in [0.2, 0.25) is 0 Å². The van der Waals surface area contributed by atoms with Crippen LogP contribution < -0.4 is 15.4 Å². The van der Waals surface area contributed by atoms with E-state index >= 15 is 0 Å². The van der Waals surface area contributed by atoms with Gasteiger partial charge in [0.05, 0.1) is 17.9 Å². The first kappa shape index (κ1) is 14.5. The molecular weight excluding hydrogens is 300 g/mol. The molecule has 0 saturated heterocycles. The number of fused-ring (bicyclic) bond motifs is 1. The van der Waals surface area contributed by atoms with Gasteiger partial charge in [-0.15, -0.1) is 0 Å². The van der Waals surface area contributed by atoms with E-state index in [0.717, 1.165) is 40.7 Å². The maximum atomic E-state index is 5.84. The van der Waals surface area contributed by atoms with Gasteiger partial charge in [0.1, 0.15) is 6.61 Å². The third-order valence-corrected chi connectivity index (χ3v) is 3.89. The van der Waals surface area contributed by atoms with E-state index in [1.165, 1.54) is 5.56 Å². The minimum atomic E-state index is 0.628. The normalized spacial score (nSPS) is 12.7. The smallest absolute Gasteiger partial charge is 0.185 e. The van der Waals surface area contributed by atoms with Crippen molar-refractivity contribution >= 4 is 17.2 Å². The molecule has 0 saturated carbocycles. The number of pyridine rings is 2. The van der Waals surface area contributed by atoms with Crippen molar-refractivity contribution in [3.63, 3.8) is 0 Å². The van der Waals surface area contributed by atoms with Gasteiger partial charge in [-0.3, -0.25) is 4.98 Å². The second-order valence-corrected chi connectivity index (χ2v) is 5.74. The lowest BCUT2D eigenvalue weighted by atomic mass is 10.1. The summed E-state index contributed by atoms with van der Waals surface area (Å²) < 4.78 is 5.84. The molecule has 5 heteroatoms. The number of hydrogen-bond acceptors (Lipinski definition) is 5. The summed E-state index contributed by atoms with van der Waals surface area (Å²) in [7, 11) is 0. The largest absolute Gasteiger partial charge is 0.486 e. The van der Waals surface area contributed by atoms with E-state index in [2.05, 4.69) is 40.7 Å². The number of anilines is 3. The molecular formula is C19H18N4O. The number of benzene rings is 1.